The summed E-state index contributed by atoms with van der Waals surface area (Å²) in [4.78, 5) is 10.2. The number of ether oxygens (including phenoxy) is 1. The van der Waals surface area contributed by atoms with Gasteiger partial charge >= 0.3 is 7.40 Å². The summed E-state index contributed by atoms with van der Waals surface area (Å²) < 4.78 is 4.58. The van der Waals surface area contributed by atoms with Crippen LogP contribution < -0.4 is 0 Å². The highest BCUT2D eigenvalue weighted by Gasteiger charge is 1.89. The lowest BCUT2D eigenvalue weighted by Crippen LogP contribution is -1.99. The number of carbonyl (C=O) groups is 1. The van der Waals surface area contributed by atoms with Crippen molar-refractivity contribution in [3.05, 3.63) is 12.7 Å². The van der Waals surface area contributed by atoms with E-state index in [0.717, 1.165) is 12.5 Å². The average molecular weight is 115 g/mol. The highest BCUT2D eigenvalue weighted by atomic mass is 16.5. The van der Waals surface area contributed by atoms with E-state index < -0.39 is 0 Å². The van der Waals surface area contributed by atoms with Crippen LogP contribution in [0.25, 0.3) is 0 Å². The second-order valence-electron chi connectivity index (χ2n) is 1.37. The van der Waals surface area contributed by atoms with E-state index in [2.05, 4.69) is 11.3 Å². The van der Waals surface area contributed by atoms with Gasteiger partial charge in [0.15, 0.2) is 0 Å². The van der Waals surface area contributed by atoms with Gasteiger partial charge in [-0.1, -0.05) is 13.5 Å². The molecule has 0 amide bonds. The zero-order chi connectivity index (χ0) is 6.41. The van der Waals surface area contributed by atoms with Gasteiger partial charge in [0.25, 0.3) is 0 Å². The fourth-order valence-electron chi connectivity index (χ4n) is 0.262. The minimum atomic E-state index is -0.341. The fraction of sp³-hybridized carbons (Fsp3) is 0.500. The average Bonchev–Trinajstić information content (AvgIpc) is 1.83. The minimum absolute atomic E-state index is 0. The lowest BCUT2D eigenvalue weighted by atomic mass is 10.5. The largest absolute Gasteiger partial charge is 1.00 e. The van der Waals surface area contributed by atoms with Gasteiger partial charge in [-0.3, -0.25) is 0 Å². The molecule has 46 valence electrons. The molecule has 0 N–H and O–H groups in total. The molecule has 2 heteroatoms. The summed E-state index contributed by atoms with van der Waals surface area (Å²) in [6.45, 7) is 5.67. The standard InChI is InChI=1S/C6H10O2/c1-3-5-8-6(7)4-2/h4H,2-3,5H2,1H3/p+1. The highest BCUT2D eigenvalue weighted by Crippen LogP contribution is 1.81. The first-order chi connectivity index (χ1) is 3.81. The van der Waals surface area contributed by atoms with E-state index in [9.17, 15) is 4.79 Å². The molecular weight excluding hydrogens is 104 g/mol. The number of esters is 1. The van der Waals surface area contributed by atoms with Gasteiger partial charge in [-0.15, -0.1) is 0 Å². The first-order valence-electron chi connectivity index (χ1n) is 2.60. The molecule has 0 aromatic rings. The molecule has 0 heterocycles. The molecule has 0 atom stereocenters. The molecule has 0 aliphatic carbocycles. The van der Waals surface area contributed by atoms with Crippen LogP contribution >= 0.6 is 0 Å². The summed E-state index contributed by atoms with van der Waals surface area (Å²) in [7, 11) is 0. The fourth-order valence-corrected chi connectivity index (χ4v) is 0.262. The Morgan fingerprint density at radius 1 is 2.00 bits per heavy atom. The lowest BCUT2D eigenvalue weighted by Gasteiger charge is -1.94. The van der Waals surface area contributed by atoms with Crippen molar-refractivity contribution >= 4 is 5.97 Å². The molecule has 0 aliphatic heterocycles. The lowest BCUT2D eigenvalue weighted by molar-refractivity contribution is -0.137. The third kappa shape index (κ3) is 3.40. The molecule has 0 aromatic carbocycles. The summed E-state index contributed by atoms with van der Waals surface area (Å²) in [6, 6.07) is 0. The smallest absolute Gasteiger partial charge is 0.463 e. The van der Waals surface area contributed by atoms with E-state index in [-0.39, 0.29) is 7.40 Å². The van der Waals surface area contributed by atoms with Crippen LogP contribution in [0.5, 0.6) is 0 Å². The molecule has 0 aliphatic rings. The van der Waals surface area contributed by atoms with Crippen molar-refractivity contribution in [2.24, 2.45) is 0 Å². The maximum Gasteiger partial charge on any atom is 1.00 e. The summed E-state index contributed by atoms with van der Waals surface area (Å²) in [5, 5.41) is 0. The van der Waals surface area contributed by atoms with E-state index in [1.807, 2.05) is 6.92 Å². The predicted octanol–water partition coefficient (Wildman–Crippen LogP) is 1.24. The number of rotatable bonds is 3. The summed E-state index contributed by atoms with van der Waals surface area (Å²) in [5.74, 6) is -0.341. The molecule has 0 fully saturated rings. The zero-order valence-electron chi connectivity index (χ0n) is 6.02. The van der Waals surface area contributed by atoms with E-state index in [0.29, 0.717) is 6.61 Å². The van der Waals surface area contributed by atoms with Gasteiger partial charge in [-0.25, -0.2) is 4.79 Å². The molecular formula is C6H11O2+. The number of hydrogen-bond acceptors (Lipinski definition) is 2. The molecule has 0 saturated heterocycles. The van der Waals surface area contributed by atoms with E-state index in [1.54, 1.807) is 0 Å². The number of carbonyl (C=O) groups excluding carboxylic acids is 1. The molecule has 0 saturated carbocycles. The Morgan fingerprint density at radius 2 is 2.62 bits per heavy atom. The van der Waals surface area contributed by atoms with Crippen LogP contribution in [0.15, 0.2) is 12.7 Å². The Kier molecular flexibility index (Phi) is 3.94. The van der Waals surface area contributed by atoms with Gasteiger partial charge in [-0.2, -0.15) is 0 Å². The van der Waals surface area contributed by atoms with Crippen molar-refractivity contribution in [2.75, 3.05) is 6.61 Å². The van der Waals surface area contributed by atoms with E-state index in [4.69, 9.17) is 0 Å². The van der Waals surface area contributed by atoms with Gasteiger partial charge in [0, 0.05) is 6.08 Å². The van der Waals surface area contributed by atoms with Crippen molar-refractivity contribution < 1.29 is 11.0 Å². The molecule has 0 rings (SSSR count). The third-order valence-corrected chi connectivity index (χ3v) is 0.615. The molecule has 8 heavy (non-hydrogen) atoms. The minimum Gasteiger partial charge on any atom is -0.463 e. The van der Waals surface area contributed by atoms with Crippen LogP contribution in [0.3, 0.4) is 0 Å². The quantitative estimate of drug-likeness (QED) is 0.408. The van der Waals surface area contributed by atoms with Gasteiger partial charge in [0.1, 0.15) is 0 Å². The van der Waals surface area contributed by atoms with Crippen molar-refractivity contribution in [1.29, 1.82) is 0 Å². The van der Waals surface area contributed by atoms with E-state index in [1.165, 1.54) is 0 Å². The summed E-state index contributed by atoms with van der Waals surface area (Å²) in [6.07, 6.45) is 2.02. The predicted molar refractivity (Wildman–Crippen MR) is 32.6 cm³/mol. The van der Waals surface area contributed by atoms with Crippen LogP contribution in [-0.2, 0) is 9.53 Å². The Hall–Kier alpha value is -0.790. The Bertz CT molecular complexity index is 91.1. The highest BCUT2D eigenvalue weighted by molar-refractivity contribution is 5.81. The Morgan fingerprint density at radius 3 is 3.00 bits per heavy atom. The van der Waals surface area contributed by atoms with Crippen LogP contribution in [0.4, 0.5) is 0 Å². The molecule has 0 bridgehead atoms. The molecule has 2 nitrogen and oxygen atoms in total. The van der Waals surface area contributed by atoms with Crippen LogP contribution in [0.1, 0.15) is 14.8 Å². The van der Waals surface area contributed by atoms with Crippen LogP contribution in [0, 0.1) is 0 Å². The molecule has 0 aromatic heterocycles. The van der Waals surface area contributed by atoms with Gasteiger partial charge in [-0.05, 0) is 6.42 Å². The Labute approximate surface area is 50.6 Å². The summed E-state index contributed by atoms with van der Waals surface area (Å²) >= 11 is 0. The molecule has 0 radical (unpaired) electrons. The molecule has 0 spiro atoms. The topological polar surface area (TPSA) is 26.3 Å². The van der Waals surface area contributed by atoms with Crippen LogP contribution in [0.2, 0.25) is 0 Å². The van der Waals surface area contributed by atoms with Gasteiger partial charge in [0.05, 0.1) is 6.61 Å². The van der Waals surface area contributed by atoms with Crippen LogP contribution in [-0.4, -0.2) is 12.6 Å². The van der Waals surface area contributed by atoms with Gasteiger partial charge in [0.2, 0.25) is 0 Å². The van der Waals surface area contributed by atoms with Gasteiger partial charge < -0.3 is 4.74 Å². The Balaban J connectivity index is 0. The van der Waals surface area contributed by atoms with Crippen molar-refractivity contribution in [3.63, 3.8) is 0 Å². The van der Waals surface area contributed by atoms with Crippen molar-refractivity contribution in [2.45, 2.75) is 13.3 Å². The molecule has 0 unspecified atom stereocenters. The maximum atomic E-state index is 10.2. The third-order valence-electron chi connectivity index (χ3n) is 0.615. The second-order valence-corrected chi connectivity index (χ2v) is 1.37. The second kappa shape index (κ2) is 4.37. The van der Waals surface area contributed by atoms with Crippen molar-refractivity contribution in [3.8, 4) is 0 Å². The monoisotopic (exact) mass is 115 g/mol. The summed E-state index contributed by atoms with van der Waals surface area (Å²) in [5.41, 5.74) is 0. The van der Waals surface area contributed by atoms with Crippen molar-refractivity contribution in [1.82, 2.24) is 0 Å². The first-order valence-corrected chi connectivity index (χ1v) is 2.60. The maximum absolute atomic E-state index is 10.2. The first kappa shape index (κ1) is 7.21. The number of hydrogen-bond donors (Lipinski definition) is 0. The SMILES string of the molecule is C=CC(=O)OCCC.[H+]. The zero-order valence-corrected chi connectivity index (χ0v) is 5.02. The van der Waals surface area contributed by atoms with E-state index >= 15 is 0 Å². The normalized spacial score (nSPS) is 8.12.